The summed E-state index contributed by atoms with van der Waals surface area (Å²) >= 11 is 0. The molecule has 0 radical (unpaired) electrons. The Hall–Kier alpha value is -0.810. The highest BCUT2D eigenvalue weighted by Crippen LogP contribution is 2.14. The third-order valence-electron chi connectivity index (χ3n) is 2.70. The molecule has 1 rings (SSSR count). The van der Waals surface area contributed by atoms with Crippen molar-refractivity contribution >= 4 is 26.6 Å². The van der Waals surface area contributed by atoms with Gasteiger partial charge in [-0.25, -0.2) is 4.99 Å². The van der Waals surface area contributed by atoms with Gasteiger partial charge in [-0.3, -0.25) is 13.6 Å². The molecule has 0 amide bonds. The summed E-state index contributed by atoms with van der Waals surface area (Å²) in [6.07, 6.45) is 5.28. The van der Waals surface area contributed by atoms with Gasteiger partial charge in [-0.05, 0) is 0 Å². The lowest BCUT2D eigenvalue weighted by atomic mass is 10.3. The number of hydrogen-bond acceptors (Lipinski definition) is 5. The maximum Gasteiger partial charge on any atom is 0.265 e. The predicted molar refractivity (Wildman–Crippen MR) is 69.7 cm³/mol. The minimum absolute atomic E-state index is 0.213. The summed E-state index contributed by atoms with van der Waals surface area (Å²) in [5.74, 6) is -0.708. The van der Waals surface area contributed by atoms with Gasteiger partial charge in [0.2, 0.25) is 0 Å². The molecule has 1 heterocycles. The molecule has 0 aromatic heterocycles. The molecular weight excluding hydrogens is 296 g/mol. The third kappa shape index (κ3) is 6.78. The molecule has 1 aliphatic rings. The number of aliphatic imine (C=N–C) groups is 1. The summed E-state index contributed by atoms with van der Waals surface area (Å²) in [4.78, 5) is 3.91. The van der Waals surface area contributed by atoms with Gasteiger partial charge in [0, 0.05) is 12.8 Å². The fourth-order valence-electron chi connectivity index (χ4n) is 1.84. The molecule has 2 N–H and O–H groups in total. The average molecular weight is 313 g/mol. The van der Waals surface area contributed by atoms with E-state index in [1.807, 2.05) is 0 Å². The zero-order valence-electron chi connectivity index (χ0n) is 10.2. The van der Waals surface area contributed by atoms with E-state index in [9.17, 15) is 16.8 Å². The van der Waals surface area contributed by atoms with Gasteiger partial charge in [-0.2, -0.15) is 16.8 Å². The average Bonchev–Trinajstić information content (AvgIpc) is 2.63. The summed E-state index contributed by atoms with van der Waals surface area (Å²) in [6.45, 7) is 0.760. The first-order valence-corrected chi connectivity index (χ1v) is 8.83. The van der Waals surface area contributed by atoms with Crippen molar-refractivity contribution in [2.24, 2.45) is 4.99 Å². The smallest absolute Gasteiger partial charge is 0.265 e. The van der Waals surface area contributed by atoms with Crippen molar-refractivity contribution in [1.29, 1.82) is 0 Å². The Morgan fingerprint density at radius 3 is 1.74 bits per heavy atom. The Morgan fingerprint density at radius 2 is 1.42 bits per heavy atom. The summed E-state index contributed by atoms with van der Waals surface area (Å²) in [6, 6.07) is 0. The van der Waals surface area contributed by atoms with Crippen LogP contribution in [0.4, 0.5) is 0 Å². The zero-order valence-corrected chi connectivity index (χ0v) is 11.8. The fraction of sp³-hybridized carbons (Fsp3) is 0.667. The topological polar surface area (TPSA) is 121 Å². The summed E-state index contributed by atoms with van der Waals surface area (Å²) in [7, 11) is -8.00. The standard InChI is InChI=1S/C9H16N2O6S2/c12-18(13,14)7-1-4-11(6-3-10-9-11)5-2-8-19(15,16)17/h3,6,9H,1-2,4-5,7-8H2,(H-,12,13,14,15,16,17)/p+1. The molecule has 0 aromatic carbocycles. The minimum Gasteiger partial charge on any atom is -0.286 e. The van der Waals surface area contributed by atoms with Crippen LogP contribution in [0, 0.1) is 0 Å². The maximum atomic E-state index is 10.6. The second kappa shape index (κ2) is 6.09. The van der Waals surface area contributed by atoms with Crippen molar-refractivity contribution < 1.29 is 30.4 Å². The molecule has 0 aliphatic carbocycles. The lowest BCUT2D eigenvalue weighted by Crippen LogP contribution is -2.42. The van der Waals surface area contributed by atoms with Crippen LogP contribution in [0.25, 0.3) is 0 Å². The van der Waals surface area contributed by atoms with E-state index in [4.69, 9.17) is 9.11 Å². The van der Waals surface area contributed by atoms with Gasteiger partial charge in [-0.15, -0.1) is 0 Å². The van der Waals surface area contributed by atoms with E-state index >= 15 is 0 Å². The molecule has 0 bridgehead atoms. The van der Waals surface area contributed by atoms with Crippen LogP contribution >= 0.6 is 0 Å². The third-order valence-corrected chi connectivity index (χ3v) is 4.31. The van der Waals surface area contributed by atoms with E-state index < -0.39 is 20.2 Å². The van der Waals surface area contributed by atoms with Crippen LogP contribution in [0.2, 0.25) is 0 Å². The van der Waals surface area contributed by atoms with Gasteiger partial charge in [0.25, 0.3) is 20.2 Å². The van der Waals surface area contributed by atoms with Crippen LogP contribution in [-0.4, -0.2) is 61.4 Å². The van der Waals surface area contributed by atoms with Gasteiger partial charge in [-0.1, -0.05) is 0 Å². The van der Waals surface area contributed by atoms with Crippen molar-refractivity contribution in [2.45, 2.75) is 12.8 Å². The molecule has 0 saturated carbocycles. The monoisotopic (exact) mass is 313 g/mol. The van der Waals surface area contributed by atoms with E-state index in [0.717, 1.165) is 0 Å². The number of hydrogen-bond donors (Lipinski definition) is 2. The predicted octanol–water partition coefficient (Wildman–Crippen LogP) is -0.128. The summed E-state index contributed by atoms with van der Waals surface area (Å²) < 4.78 is 60.1. The van der Waals surface area contributed by atoms with E-state index in [-0.39, 0.29) is 28.8 Å². The van der Waals surface area contributed by atoms with Crippen LogP contribution in [0.15, 0.2) is 17.4 Å². The molecule has 1 aliphatic heterocycles. The Bertz CT molecular complexity index is 512. The Morgan fingerprint density at radius 1 is 0.947 bits per heavy atom. The lowest BCUT2D eigenvalue weighted by molar-refractivity contribution is -0.779. The first-order valence-electron chi connectivity index (χ1n) is 5.61. The SMILES string of the molecule is O=S(=O)(O)CCC[N+]1(CCCS(=O)(=O)O)C=CN=C1. The highest BCUT2D eigenvalue weighted by Gasteiger charge is 2.26. The number of nitrogens with zero attached hydrogens (tertiary/aromatic N) is 2. The van der Waals surface area contributed by atoms with Crippen LogP contribution < -0.4 is 0 Å². The molecular formula is C9H17N2O6S2+. The van der Waals surface area contributed by atoms with Crippen LogP contribution in [0.1, 0.15) is 12.8 Å². The van der Waals surface area contributed by atoms with Gasteiger partial charge in [0.1, 0.15) is 6.20 Å². The summed E-state index contributed by atoms with van der Waals surface area (Å²) in [5.41, 5.74) is 0. The molecule has 8 nitrogen and oxygen atoms in total. The van der Waals surface area contributed by atoms with Gasteiger partial charge >= 0.3 is 0 Å². The van der Waals surface area contributed by atoms with Crippen LogP contribution in [0.3, 0.4) is 0 Å². The molecule has 0 spiro atoms. The largest absolute Gasteiger partial charge is 0.286 e. The lowest BCUT2D eigenvalue weighted by Gasteiger charge is -2.27. The normalized spacial score (nSPS) is 18.0. The second-order valence-electron chi connectivity index (χ2n) is 4.39. The number of rotatable bonds is 8. The fourth-order valence-corrected chi connectivity index (χ4v) is 2.83. The molecule has 0 unspecified atom stereocenters. The van der Waals surface area contributed by atoms with E-state index in [1.165, 1.54) is 0 Å². The maximum absolute atomic E-state index is 10.6. The van der Waals surface area contributed by atoms with E-state index in [0.29, 0.717) is 13.1 Å². The van der Waals surface area contributed by atoms with Crippen molar-refractivity contribution in [3.05, 3.63) is 12.4 Å². The Balaban J connectivity index is 2.51. The van der Waals surface area contributed by atoms with Crippen molar-refractivity contribution in [1.82, 2.24) is 0 Å². The Labute approximate surface area is 112 Å². The Kier molecular flexibility index (Phi) is 5.21. The minimum atomic E-state index is -4.00. The first kappa shape index (κ1) is 16.2. The molecule has 10 heteroatoms. The zero-order chi connectivity index (χ0) is 14.6. The van der Waals surface area contributed by atoms with Crippen molar-refractivity contribution in [3.8, 4) is 0 Å². The molecule has 0 saturated heterocycles. The first-order chi connectivity index (χ1) is 8.62. The van der Waals surface area contributed by atoms with Crippen molar-refractivity contribution in [3.63, 3.8) is 0 Å². The molecule has 0 atom stereocenters. The highest BCUT2D eigenvalue weighted by atomic mass is 32.2. The highest BCUT2D eigenvalue weighted by molar-refractivity contribution is 7.86. The van der Waals surface area contributed by atoms with Gasteiger partial charge in [0.15, 0.2) is 6.34 Å². The van der Waals surface area contributed by atoms with Gasteiger partial charge in [0.05, 0.1) is 30.8 Å². The van der Waals surface area contributed by atoms with Gasteiger partial charge < -0.3 is 0 Å². The molecule has 0 fully saturated rings. The second-order valence-corrected chi connectivity index (χ2v) is 7.54. The van der Waals surface area contributed by atoms with E-state index in [1.54, 1.807) is 18.7 Å². The molecule has 19 heavy (non-hydrogen) atoms. The van der Waals surface area contributed by atoms with Crippen LogP contribution in [0.5, 0.6) is 0 Å². The molecule has 0 aromatic rings. The van der Waals surface area contributed by atoms with E-state index in [2.05, 4.69) is 4.99 Å². The summed E-state index contributed by atoms with van der Waals surface area (Å²) in [5, 5.41) is 0. The van der Waals surface area contributed by atoms with Crippen LogP contribution in [-0.2, 0) is 20.2 Å². The molecule has 110 valence electrons. The quantitative estimate of drug-likeness (QED) is 0.475. The number of quaternary nitrogens is 1. The van der Waals surface area contributed by atoms with Crippen molar-refractivity contribution in [2.75, 3.05) is 24.6 Å².